The fourth-order valence-corrected chi connectivity index (χ4v) is 5.09. The van der Waals surface area contributed by atoms with E-state index < -0.39 is 0 Å². The molecule has 0 aliphatic heterocycles. The summed E-state index contributed by atoms with van der Waals surface area (Å²) in [6.07, 6.45) is 7.96. The first-order chi connectivity index (χ1) is 13.9. The van der Waals surface area contributed by atoms with E-state index in [-0.39, 0.29) is 0 Å². The van der Waals surface area contributed by atoms with Crippen molar-refractivity contribution in [1.29, 1.82) is 0 Å². The second-order valence-corrected chi connectivity index (χ2v) is 7.99. The van der Waals surface area contributed by atoms with Crippen molar-refractivity contribution in [1.82, 2.24) is 19.6 Å². The van der Waals surface area contributed by atoms with Crippen molar-refractivity contribution in [3.63, 3.8) is 0 Å². The maximum absolute atomic E-state index is 5.52. The number of furan rings is 2. The number of fused-ring (bicyclic) bond motifs is 5. The fraction of sp³-hybridized carbons (Fsp3) is 0.250. The first-order valence-corrected chi connectivity index (χ1v) is 10.2. The van der Waals surface area contributed by atoms with Crippen LogP contribution in [0.2, 0.25) is 0 Å². The topological polar surface area (TPSA) is 81.4 Å². The Hall–Kier alpha value is -3.13. The van der Waals surface area contributed by atoms with Crippen molar-refractivity contribution in [2.75, 3.05) is 5.32 Å². The summed E-state index contributed by atoms with van der Waals surface area (Å²) in [5.74, 6) is 2.71. The number of aromatic nitrogens is 4. The third-order valence-corrected chi connectivity index (χ3v) is 6.32. The van der Waals surface area contributed by atoms with E-state index in [0.717, 1.165) is 34.5 Å². The molecule has 8 heteroatoms. The molecule has 0 spiro atoms. The SMILES string of the molecule is c1coc(CNc2nc3sc4c(c3c3nc(-c5ccco5)nn23)CCCC4)c1. The second kappa shape index (κ2) is 6.20. The van der Waals surface area contributed by atoms with Gasteiger partial charge in [0.05, 0.1) is 24.5 Å². The molecule has 0 aromatic carbocycles. The van der Waals surface area contributed by atoms with Crippen LogP contribution in [0.5, 0.6) is 0 Å². The molecule has 1 aliphatic carbocycles. The Balaban J connectivity index is 1.56. The molecule has 5 heterocycles. The Kier molecular flexibility index (Phi) is 3.52. The molecule has 0 saturated carbocycles. The number of hydrogen-bond donors (Lipinski definition) is 1. The summed E-state index contributed by atoms with van der Waals surface area (Å²) in [5, 5.41) is 9.18. The zero-order chi connectivity index (χ0) is 18.5. The third-order valence-electron chi connectivity index (χ3n) is 5.13. The van der Waals surface area contributed by atoms with Gasteiger partial charge >= 0.3 is 0 Å². The van der Waals surface area contributed by atoms with Gasteiger partial charge in [-0.2, -0.15) is 4.52 Å². The van der Waals surface area contributed by atoms with Gasteiger partial charge in [-0.1, -0.05) is 0 Å². The molecule has 0 atom stereocenters. The average Bonchev–Trinajstić information content (AvgIpc) is 3.51. The number of anilines is 1. The molecule has 28 heavy (non-hydrogen) atoms. The zero-order valence-electron chi connectivity index (χ0n) is 15.0. The predicted molar refractivity (Wildman–Crippen MR) is 107 cm³/mol. The van der Waals surface area contributed by atoms with Gasteiger partial charge in [0.25, 0.3) is 0 Å². The van der Waals surface area contributed by atoms with Crippen molar-refractivity contribution in [2.45, 2.75) is 32.2 Å². The van der Waals surface area contributed by atoms with Crippen LogP contribution in [0.15, 0.2) is 45.6 Å². The summed E-state index contributed by atoms with van der Waals surface area (Å²) in [6.45, 7) is 0.529. The lowest BCUT2D eigenvalue weighted by Gasteiger charge is -2.10. The Morgan fingerprint density at radius 2 is 1.96 bits per heavy atom. The molecule has 0 saturated heterocycles. The average molecular weight is 391 g/mol. The highest BCUT2D eigenvalue weighted by Gasteiger charge is 2.23. The Morgan fingerprint density at radius 3 is 2.82 bits per heavy atom. The number of nitrogens with zero attached hydrogens (tertiary/aromatic N) is 4. The molecule has 0 bridgehead atoms. The highest BCUT2D eigenvalue weighted by molar-refractivity contribution is 7.19. The summed E-state index contributed by atoms with van der Waals surface area (Å²) in [4.78, 5) is 12.2. The van der Waals surface area contributed by atoms with Crippen LogP contribution in [0.3, 0.4) is 0 Å². The van der Waals surface area contributed by atoms with Crippen LogP contribution in [0.25, 0.3) is 27.4 Å². The van der Waals surface area contributed by atoms with E-state index in [1.807, 2.05) is 24.3 Å². The minimum absolute atomic E-state index is 0.529. The number of thiophene rings is 1. The lowest BCUT2D eigenvalue weighted by atomic mass is 9.97. The van der Waals surface area contributed by atoms with E-state index in [1.54, 1.807) is 28.4 Å². The maximum Gasteiger partial charge on any atom is 0.227 e. The van der Waals surface area contributed by atoms with Crippen molar-refractivity contribution < 1.29 is 8.83 Å². The van der Waals surface area contributed by atoms with Crippen LogP contribution in [0.4, 0.5) is 5.95 Å². The molecule has 7 nitrogen and oxygen atoms in total. The summed E-state index contributed by atoms with van der Waals surface area (Å²) in [7, 11) is 0. The summed E-state index contributed by atoms with van der Waals surface area (Å²) >= 11 is 1.78. The number of aryl methyl sites for hydroxylation is 2. The van der Waals surface area contributed by atoms with Gasteiger partial charge in [0, 0.05) is 4.88 Å². The highest BCUT2D eigenvalue weighted by atomic mass is 32.1. The Bertz CT molecular complexity index is 1270. The van der Waals surface area contributed by atoms with Crippen LogP contribution in [-0.4, -0.2) is 19.6 Å². The van der Waals surface area contributed by atoms with Gasteiger partial charge in [-0.05, 0) is 55.5 Å². The second-order valence-electron chi connectivity index (χ2n) is 6.91. The predicted octanol–water partition coefficient (Wildman–Crippen LogP) is 4.68. The van der Waals surface area contributed by atoms with E-state index in [1.165, 1.54) is 23.3 Å². The smallest absolute Gasteiger partial charge is 0.227 e. The molecule has 6 rings (SSSR count). The summed E-state index contributed by atoms with van der Waals surface area (Å²) in [5.41, 5.74) is 2.22. The van der Waals surface area contributed by atoms with Crippen molar-refractivity contribution in [2.24, 2.45) is 0 Å². The van der Waals surface area contributed by atoms with Crippen LogP contribution < -0.4 is 5.32 Å². The number of nitrogens with one attached hydrogen (secondary N) is 1. The normalized spacial score (nSPS) is 14.0. The molecule has 0 radical (unpaired) electrons. The van der Waals surface area contributed by atoms with Gasteiger partial charge in [0.2, 0.25) is 11.8 Å². The molecular formula is C20H17N5O2S. The molecule has 5 aromatic rings. The van der Waals surface area contributed by atoms with Crippen LogP contribution >= 0.6 is 11.3 Å². The van der Waals surface area contributed by atoms with Crippen LogP contribution in [-0.2, 0) is 19.4 Å². The van der Waals surface area contributed by atoms with Crippen LogP contribution in [0.1, 0.15) is 29.0 Å². The van der Waals surface area contributed by atoms with E-state index in [4.69, 9.17) is 23.9 Å². The largest absolute Gasteiger partial charge is 0.467 e. The van der Waals surface area contributed by atoms with Gasteiger partial charge in [-0.15, -0.1) is 16.4 Å². The van der Waals surface area contributed by atoms with E-state index in [2.05, 4.69) is 5.32 Å². The van der Waals surface area contributed by atoms with Gasteiger partial charge in [0.15, 0.2) is 11.4 Å². The third kappa shape index (κ3) is 2.45. The quantitative estimate of drug-likeness (QED) is 0.479. The number of hydrogen-bond acceptors (Lipinski definition) is 7. The highest BCUT2D eigenvalue weighted by Crippen LogP contribution is 2.38. The minimum atomic E-state index is 0.529. The first-order valence-electron chi connectivity index (χ1n) is 9.38. The van der Waals surface area contributed by atoms with Crippen molar-refractivity contribution >= 4 is 33.1 Å². The Morgan fingerprint density at radius 1 is 1.07 bits per heavy atom. The Labute approximate surface area is 164 Å². The van der Waals surface area contributed by atoms with Crippen LogP contribution in [0, 0.1) is 0 Å². The molecule has 0 fully saturated rings. The van der Waals surface area contributed by atoms with Crippen molar-refractivity contribution in [3.05, 3.63) is 53.0 Å². The zero-order valence-corrected chi connectivity index (χ0v) is 15.8. The first kappa shape index (κ1) is 15.9. The lowest BCUT2D eigenvalue weighted by Crippen LogP contribution is -2.07. The van der Waals surface area contributed by atoms with E-state index >= 15 is 0 Å². The molecule has 5 aromatic heterocycles. The lowest BCUT2D eigenvalue weighted by molar-refractivity contribution is 0.517. The summed E-state index contributed by atoms with van der Waals surface area (Å²) < 4.78 is 12.8. The fourth-order valence-electron chi connectivity index (χ4n) is 3.83. The standard InChI is InChI=1S/C20H17N5O2S/c1-2-8-15-13(6-1)16-18-22-17(14-7-4-10-27-14)24-25(18)20(23-19(16)28-15)21-11-12-5-3-9-26-12/h3-5,7,9-10H,1-2,6,8,11H2,(H,21,23). The molecule has 0 unspecified atom stereocenters. The van der Waals surface area contributed by atoms with E-state index in [9.17, 15) is 0 Å². The van der Waals surface area contributed by atoms with Gasteiger partial charge in [-0.25, -0.2) is 9.97 Å². The monoisotopic (exact) mass is 391 g/mol. The van der Waals surface area contributed by atoms with E-state index in [0.29, 0.717) is 24.1 Å². The summed E-state index contributed by atoms with van der Waals surface area (Å²) in [6, 6.07) is 7.53. The molecular weight excluding hydrogens is 374 g/mol. The molecule has 1 N–H and O–H groups in total. The molecule has 1 aliphatic rings. The number of rotatable bonds is 4. The minimum Gasteiger partial charge on any atom is -0.467 e. The molecule has 140 valence electrons. The van der Waals surface area contributed by atoms with Crippen molar-refractivity contribution in [3.8, 4) is 11.6 Å². The van der Waals surface area contributed by atoms with Gasteiger partial charge < -0.3 is 14.2 Å². The maximum atomic E-state index is 5.52. The van der Waals surface area contributed by atoms with Gasteiger partial charge in [0.1, 0.15) is 10.6 Å². The van der Waals surface area contributed by atoms with Gasteiger partial charge in [-0.3, -0.25) is 0 Å². The molecule has 0 amide bonds.